The number of carbonyl (C=O) groups is 1. The van der Waals surface area contributed by atoms with Crippen molar-refractivity contribution in [2.24, 2.45) is 0 Å². The molecular formula is C27H20IN3O2S2. The third kappa shape index (κ3) is 5.14. The van der Waals surface area contributed by atoms with E-state index < -0.39 is 5.91 Å². The van der Waals surface area contributed by atoms with Crippen molar-refractivity contribution in [1.29, 1.82) is 0 Å². The number of furan rings is 1. The van der Waals surface area contributed by atoms with E-state index in [0.717, 1.165) is 41.2 Å². The van der Waals surface area contributed by atoms with Crippen molar-refractivity contribution in [2.45, 2.75) is 13.8 Å². The van der Waals surface area contributed by atoms with Crippen molar-refractivity contribution in [3.8, 4) is 21.9 Å². The molecule has 5 nitrogen and oxygen atoms in total. The normalized spacial score (nSPS) is 10.9. The number of amides is 1. The molecule has 0 aliphatic heterocycles. The average molecular weight is 610 g/mol. The van der Waals surface area contributed by atoms with Gasteiger partial charge in [0.15, 0.2) is 10.9 Å². The fraction of sp³-hybridized carbons (Fsp3) is 0.0741. The highest BCUT2D eigenvalue weighted by Gasteiger charge is 2.16. The molecule has 3 aromatic carbocycles. The molecule has 0 aliphatic rings. The van der Waals surface area contributed by atoms with Gasteiger partial charge in [0.05, 0.1) is 15.9 Å². The third-order valence-corrected chi connectivity index (χ3v) is 7.55. The molecule has 174 valence electrons. The van der Waals surface area contributed by atoms with E-state index in [1.54, 1.807) is 23.5 Å². The van der Waals surface area contributed by atoms with Crippen molar-refractivity contribution in [1.82, 2.24) is 10.3 Å². The molecule has 0 bridgehead atoms. The van der Waals surface area contributed by atoms with Crippen LogP contribution in [-0.2, 0) is 0 Å². The van der Waals surface area contributed by atoms with Gasteiger partial charge in [0, 0.05) is 14.7 Å². The van der Waals surface area contributed by atoms with Crippen LogP contribution in [0.25, 0.3) is 32.1 Å². The van der Waals surface area contributed by atoms with Crippen molar-refractivity contribution < 1.29 is 9.21 Å². The minimum Gasteiger partial charge on any atom is -0.451 e. The molecule has 0 fully saturated rings. The Morgan fingerprint density at radius 2 is 1.83 bits per heavy atom. The van der Waals surface area contributed by atoms with Gasteiger partial charge in [-0.3, -0.25) is 10.1 Å². The quantitative estimate of drug-likeness (QED) is 0.163. The standard InChI is InChI=1S/C27H20IN3O2S2/c1-15-7-8-17(13-16(15)2)22-11-12-23(33-22)25(32)31-27(34)30-20-10-9-18(28)14-19(20)26-29-21-5-3-4-6-24(21)35-26/h3-14H,1-2H3,(H2,30,31,32,34). The zero-order valence-electron chi connectivity index (χ0n) is 18.9. The van der Waals surface area contributed by atoms with Crippen LogP contribution in [0, 0.1) is 17.4 Å². The number of halogens is 1. The number of rotatable bonds is 4. The lowest BCUT2D eigenvalue weighted by molar-refractivity contribution is 0.0951. The molecule has 0 saturated heterocycles. The molecule has 2 N–H and O–H groups in total. The second-order valence-electron chi connectivity index (χ2n) is 8.05. The fourth-order valence-corrected chi connectivity index (χ4v) is 5.31. The summed E-state index contributed by atoms with van der Waals surface area (Å²) in [5.74, 6) is 0.411. The van der Waals surface area contributed by atoms with Gasteiger partial charge >= 0.3 is 0 Å². The Kier molecular flexibility index (Phi) is 6.68. The monoisotopic (exact) mass is 609 g/mol. The second-order valence-corrected chi connectivity index (χ2v) is 10.7. The molecule has 5 aromatic rings. The first-order valence-corrected chi connectivity index (χ1v) is 13.1. The Morgan fingerprint density at radius 1 is 1.00 bits per heavy atom. The molecular weight excluding hydrogens is 589 g/mol. The predicted molar refractivity (Wildman–Crippen MR) is 155 cm³/mol. The van der Waals surface area contributed by atoms with E-state index in [-0.39, 0.29) is 10.9 Å². The lowest BCUT2D eigenvalue weighted by Crippen LogP contribution is -2.34. The largest absolute Gasteiger partial charge is 0.451 e. The van der Waals surface area contributed by atoms with Crippen LogP contribution in [-0.4, -0.2) is 16.0 Å². The minimum absolute atomic E-state index is 0.183. The van der Waals surface area contributed by atoms with Crippen molar-refractivity contribution >= 4 is 73.1 Å². The van der Waals surface area contributed by atoms with Gasteiger partial charge in [-0.05, 0) is 108 Å². The van der Waals surface area contributed by atoms with Crippen LogP contribution in [0.1, 0.15) is 21.7 Å². The number of nitrogens with one attached hydrogen (secondary N) is 2. The number of thiazole rings is 1. The number of carbonyl (C=O) groups excluding carboxylic acids is 1. The molecule has 35 heavy (non-hydrogen) atoms. The van der Waals surface area contributed by atoms with Gasteiger partial charge in [-0.25, -0.2) is 4.98 Å². The van der Waals surface area contributed by atoms with E-state index in [1.165, 1.54) is 5.56 Å². The molecule has 0 saturated carbocycles. The number of nitrogens with zero attached hydrogens (tertiary/aromatic N) is 1. The molecule has 1 amide bonds. The lowest BCUT2D eigenvalue weighted by atomic mass is 10.1. The van der Waals surface area contributed by atoms with Crippen molar-refractivity contribution in [2.75, 3.05) is 5.32 Å². The molecule has 8 heteroatoms. The Labute approximate surface area is 225 Å². The molecule has 0 spiro atoms. The van der Waals surface area contributed by atoms with E-state index in [0.29, 0.717) is 5.76 Å². The summed E-state index contributed by atoms with van der Waals surface area (Å²) in [6, 6.07) is 23.5. The first kappa shape index (κ1) is 23.7. The number of hydrogen-bond donors (Lipinski definition) is 2. The maximum absolute atomic E-state index is 12.8. The third-order valence-electron chi connectivity index (χ3n) is 5.60. The maximum atomic E-state index is 12.8. The van der Waals surface area contributed by atoms with Crippen LogP contribution in [0.4, 0.5) is 5.69 Å². The summed E-state index contributed by atoms with van der Waals surface area (Å²) < 4.78 is 8.00. The summed E-state index contributed by atoms with van der Waals surface area (Å²) in [4.78, 5) is 17.6. The zero-order chi connectivity index (χ0) is 24.5. The highest BCUT2D eigenvalue weighted by atomic mass is 127. The van der Waals surface area contributed by atoms with E-state index in [2.05, 4.69) is 46.2 Å². The van der Waals surface area contributed by atoms with Crippen molar-refractivity contribution in [3.63, 3.8) is 0 Å². The molecule has 0 aliphatic carbocycles. The number of aromatic nitrogens is 1. The van der Waals surface area contributed by atoms with Gasteiger partial charge in [-0.2, -0.15) is 0 Å². The van der Waals surface area contributed by atoms with Crippen LogP contribution >= 0.6 is 46.1 Å². The van der Waals surface area contributed by atoms with Crippen LogP contribution in [0.3, 0.4) is 0 Å². The highest BCUT2D eigenvalue weighted by Crippen LogP contribution is 2.35. The van der Waals surface area contributed by atoms with Crippen LogP contribution in [0.2, 0.25) is 0 Å². The molecule has 5 rings (SSSR count). The van der Waals surface area contributed by atoms with Gasteiger partial charge in [-0.1, -0.05) is 24.3 Å². The SMILES string of the molecule is Cc1ccc(-c2ccc(C(=O)NC(=S)Nc3ccc(I)cc3-c3nc4ccccc4s3)o2)cc1C. The number of benzene rings is 3. The summed E-state index contributed by atoms with van der Waals surface area (Å²) in [7, 11) is 0. The van der Waals surface area contributed by atoms with Gasteiger partial charge < -0.3 is 9.73 Å². The molecule has 0 atom stereocenters. The smallest absolute Gasteiger partial charge is 0.293 e. The lowest BCUT2D eigenvalue weighted by Gasteiger charge is -2.12. The molecule has 0 unspecified atom stereocenters. The summed E-state index contributed by atoms with van der Waals surface area (Å²) in [5, 5.41) is 6.94. The molecule has 2 heterocycles. The number of aryl methyl sites for hydroxylation is 2. The fourth-order valence-electron chi connectivity index (χ4n) is 3.62. The summed E-state index contributed by atoms with van der Waals surface area (Å²) >= 11 is 9.33. The van der Waals surface area contributed by atoms with E-state index in [1.807, 2.05) is 61.5 Å². The number of anilines is 1. The van der Waals surface area contributed by atoms with Gasteiger partial charge in [0.2, 0.25) is 0 Å². The number of hydrogen-bond acceptors (Lipinski definition) is 5. The summed E-state index contributed by atoms with van der Waals surface area (Å²) in [6.07, 6.45) is 0. The van der Waals surface area contributed by atoms with Gasteiger partial charge in [-0.15, -0.1) is 11.3 Å². The number of fused-ring (bicyclic) bond motifs is 1. The Bertz CT molecular complexity index is 1560. The zero-order valence-corrected chi connectivity index (χ0v) is 22.7. The highest BCUT2D eigenvalue weighted by molar-refractivity contribution is 14.1. The Hall–Kier alpha value is -3.08. The number of para-hydroxylation sites is 1. The Balaban J connectivity index is 1.33. The van der Waals surface area contributed by atoms with Gasteiger partial charge in [0.1, 0.15) is 10.8 Å². The summed E-state index contributed by atoms with van der Waals surface area (Å²) in [5.41, 5.74) is 5.93. The summed E-state index contributed by atoms with van der Waals surface area (Å²) in [6.45, 7) is 4.11. The molecule has 0 radical (unpaired) electrons. The topological polar surface area (TPSA) is 67.2 Å². The van der Waals surface area contributed by atoms with Gasteiger partial charge in [0.25, 0.3) is 5.91 Å². The maximum Gasteiger partial charge on any atom is 0.293 e. The van der Waals surface area contributed by atoms with Crippen molar-refractivity contribution in [3.05, 3.63) is 93.3 Å². The second kappa shape index (κ2) is 9.88. The minimum atomic E-state index is -0.412. The predicted octanol–water partition coefficient (Wildman–Crippen LogP) is 7.57. The van der Waals surface area contributed by atoms with Crippen LogP contribution in [0.15, 0.2) is 77.2 Å². The van der Waals surface area contributed by atoms with Crippen LogP contribution in [0.5, 0.6) is 0 Å². The first-order valence-electron chi connectivity index (χ1n) is 10.8. The molecule has 2 aromatic heterocycles. The Morgan fingerprint density at radius 3 is 2.63 bits per heavy atom. The first-order chi connectivity index (χ1) is 16.9. The van der Waals surface area contributed by atoms with E-state index in [9.17, 15) is 4.79 Å². The number of thiocarbonyl (C=S) groups is 1. The van der Waals surface area contributed by atoms with E-state index in [4.69, 9.17) is 21.6 Å². The average Bonchev–Trinajstić information content (AvgIpc) is 3.49. The van der Waals surface area contributed by atoms with E-state index >= 15 is 0 Å². The van der Waals surface area contributed by atoms with Crippen LogP contribution < -0.4 is 10.6 Å².